The van der Waals surface area contributed by atoms with Crippen molar-refractivity contribution in [3.8, 4) is 0 Å². The largest absolute Gasteiger partial charge is 0.352 e. The topological polar surface area (TPSA) is 41.1 Å². The summed E-state index contributed by atoms with van der Waals surface area (Å²) >= 11 is 0. The lowest BCUT2D eigenvalue weighted by molar-refractivity contribution is -0.121. The van der Waals surface area contributed by atoms with E-state index in [0.717, 1.165) is 0 Å². The molecule has 2 rings (SSSR count). The molecule has 0 saturated heterocycles. The fraction of sp³-hybridized carbons (Fsp3) is 0.933. The number of rotatable bonds is 4. The van der Waals surface area contributed by atoms with Gasteiger partial charge in [0.1, 0.15) is 0 Å². The van der Waals surface area contributed by atoms with Crippen LogP contribution >= 0.6 is 0 Å². The fourth-order valence-electron chi connectivity index (χ4n) is 3.19. The van der Waals surface area contributed by atoms with Crippen molar-refractivity contribution in [2.45, 2.75) is 77.3 Å². The zero-order valence-corrected chi connectivity index (χ0v) is 11.9. The molecule has 18 heavy (non-hydrogen) atoms. The molecule has 3 heteroatoms. The Morgan fingerprint density at radius 3 is 2.28 bits per heavy atom. The molecule has 0 aliphatic heterocycles. The van der Waals surface area contributed by atoms with E-state index in [1.54, 1.807) is 0 Å². The zero-order valence-electron chi connectivity index (χ0n) is 11.9. The van der Waals surface area contributed by atoms with Crippen LogP contribution in [0.2, 0.25) is 0 Å². The summed E-state index contributed by atoms with van der Waals surface area (Å²) in [6, 6.07) is 0.997. The summed E-state index contributed by atoms with van der Waals surface area (Å²) in [7, 11) is 0. The van der Waals surface area contributed by atoms with Gasteiger partial charge in [0.2, 0.25) is 5.91 Å². The molecule has 0 atom stereocenters. The van der Waals surface area contributed by atoms with E-state index < -0.39 is 0 Å². The van der Waals surface area contributed by atoms with Crippen molar-refractivity contribution in [3.05, 3.63) is 0 Å². The van der Waals surface area contributed by atoms with E-state index in [4.69, 9.17) is 0 Å². The highest BCUT2D eigenvalue weighted by Crippen LogP contribution is 2.34. The van der Waals surface area contributed by atoms with Crippen molar-refractivity contribution in [2.24, 2.45) is 5.41 Å². The van der Waals surface area contributed by atoms with Gasteiger partial charge in [-0.2, -0.15) is 0 Å². The molecule has 104 valence electrons. The smallest absolute Gasteiger partial charge is 0.234 e. The van der Waals surface area contributed by atoms with Gasteiger partial charge in [-0.15, -0.1) is 0 Å². The van der Waals surface area contributed by atoms with Crippen LogP contribution < -0.4 is 10.6 Å². The molecular weight excluding hydrogens is 224 g/mol. The highest BCUT2D eigenvalue weighted by Gasteiger charge is 2.26. The van der Waals surface area contributed by atoms with Gasteiger partial charge in [-0.1, -0.05) is 26.7 Å². The Balaban J connectivity index is 1.61. The number of hydrogen-bond acceptors (Lipinski definition) is 2. The third kappa shape index (κ3) is 4.27. The minimum absolute atomic E-state index is 0.187. The predicted molar refractivity (Wildman–Crippen MR) is 74.4 cm³/mol. The molecule has 2 N–H and O–H groups in total. The Labute approximate surface area is 111 Å². The van der Waals surface area contributed by atoms with E-state index in [9.17, 15) is 4.79 Å². The van der Waals surface area contributed by atoms with Gasteiger partial charge in [0.05, 0.1) is 6.54 Å². The van der Waals surface area contributed by atoms with E-state index in [1.165, 1.54) is 51.4 Å². The molecule has 0 spiro atoms. The number of carbonyl (C=O) groups excluding carboxylic acids is 1. The van der Waals surface area contributed by atoms with Crippen LogP contribution in [0.1, 0.15) is 65.2 Å². The lowest BCUT2D eigenvalue weighted by atomic mass is 9.75. The highest BCUT2D eigenvalue weighted by atomic mass is 16.1. The van der Waals surface area contributed by atoms with Crippen LogP contribution in [0.25, 0.3) is 0 Å². The first-order valence-electron chi connectivity index (χ1n) is 7.58. The van der Waals surface area contributed by atoms with Crippen LogP contribution in [0, 0.1) is 5.41 Å². The van der Waals surface area contributed by atoms with E-state index in [2.05, 4.69) is 24.5 Å². The Hall–Kier alpha value is -0.570. The van der Waals surface area contributed by atoms with Gasteiger partial charge in [-0.25, -0.2) is 0 Å². The van der Waals surface area contributed by atoms with E-state index in [-0.39, 0.29) is 5.91 Å². The van der Waals surface area contributed by atoms with Crippen molar-refractivity contribution in [2.75, 3.05) is 6.54 Å². The minimum Gasteiger partial charge on any atom is -0.352 e. The Kier molecular flexibility index (Phi) is 4.66. The van der Waals surface area contributed by atoms with Gasteiger partial charge in [-0.3, -0.25) is 4.79 Å². The van der Waals surface area contributed by atoms with Gasteiger partial charge in [0, 0.05) is 12.1 Å². The average Bonchev–Trinajstić information content (AvgIpc) is 2.80. The number of carbonyl (C=O) groups is 1. The molecule has 0 aromatic rings. The van der Waals surface area contributed by atoms with E-state index in [0.29, 0.717) is 24.0 Å². The standard InChI is InChI=1S/C15H28N2O/c1-15(2)9-7-12(8-10-15)16-11-14(18)17-13-5-3-4-6-13/h12-13,16H,3-11H2,1-2H3,(H,17,18). The van der Waals surface area contributed by atoms with Gasteiger partial charge >= 0.3 is 0 Å². The second kappa shape index (κ2) is 6.05. The first-order chi connectivity index (χ1) is 8.55. The molecule has 0 heterocycles. The summed E-state index contributed by atoms with van der Waals surface area (Å²) in [6.07, 6.45) is 9.86. The SMILES string of the molecule is CC1(C)CCC(NCC(=O)NC2CCCC2)CC1. The summed E-state index contributed by atoms with van der Waals surface area (Å²) in [5.74, 6) is 0.187. The summed E-state index contributed by atoms with van der Waals surface area (Å²) in [5, 5.41) is 6.55. The maximum Gasteiger partial charge on any atom is 0.234 e. The van der Waals surface area contributed by atoms with Crippen molar-refractivity contribution < 1.29 is 4.79 Å². The maximum absolute atomic E-state index is 11.8. The lowest BCUT2D eigenvalue weighted by Crippen LogP contribution is -2.44. The number of amides is 1. The molecule has 2 fully saturated rings. The van der Waals surface area contributed by atoms with Crippen molar-refractivity contribution in [3.63, 3.8) is 0 Å². The first kappa shape index (κ1) is 13.9. The molecular formula is C15H28N2O. The quantitative estimate of drug-likeness (QED) is 0.807. The molecule has 2 aliphatic carbocycles. The second-order valence-corrected chi connectivity index (χ2v) is 6.87. The van der Waals surface area contributed by atoms with Gasteiger partial charge in [-0.05, 0) is 43.9 Å². The molecule has 0 aromatic carbocycles. The average molecular weight is 252 g/mol. The van der Waals surface area contributed by atoms with Crippen LogP contribution in [0.5, 0.6) is 0 Å². The summed E-state index contributed by atoms with van der Waals surface area (Å²) in [6.45, 7) is 5.19. The minimum atomic E-state index is 0.187. The Morgan fingerprint density at radius 2 is 1.67 bits per heavy atom. The molecule has 0 aromatic heterocycles. The maximum atomic E-state index is 11.8. The van der Waals surface area contributed by atoms with Crippen molar-refractivity contribution in [1.82, 2.24) is 10.6 Å². The molecule has 1 amide bonds. The van der Waals surface area contributed by atoms with Crippen LogP contribution in [-0.4, -0.2) is 24.5 Å². The fourth-order valence-corrected chi connectivity index (χ4v) is 3.19. The molecule has 0 radical (unpaired) electrons. The molecule has 2 aliphatic rings. The van der Waals surface area contributed by atoms with Crippen molar-refractivity contribution in [1.29, 1.82) is 0 Å². The third-order valence-corrected chi connectivity index (χ3v) is 4.61. The lowest BCUT2D eigenvalue weighted by Gasteiger charge is -2.34. The molecule has 0 unspecified atom stereocenters. The molecule has 2 saturated carbocycles. The number of hydrogen-bond donors (Lipinski definition) is 2. The van der Waals surface area contributed by atoms with Gasteiger partial charge < -0.3 is 10.6 Å². The summed E-state index contributed by atoms with van der Waals surface area (Å²) in [4.78, 5) is 11.8. The first-order valence-corrected chi connectivity index (χ1v) is 7.58. The summed E-state index contributed by atoms with van der Waals surface area (Å²) < 4.78 is 0. The van der Waals surface area contributed by atoms with Crippen LogP contribution in [0.15, 0.2) is 0 Å². The third-order valence-electron chi connectivity index (χ3n) is 4.61. The molecule has 3 nitrogen and oxygen atoms in total. The summed E-state index contributed by atoms with van der Waals surface area (Å²) in [5.41, 5.74) is 0.504. The second-order valence-electron chi connectivity index (χ2n) is 6.87. The zero-order chi connectivity index (χ0) is 13.0. The van der Waals surface area contributed by atoms with Crippen LogP contribution in [0.4, 0.5) is 0 Å². The van der Waals surface area contributed by atoms with Crippen molar-refractivity contribution >= 4 is 5.91 Å². The highest BCUT2D eigenvalue weighted by molar-refractivity contribution is 5.78. The van der Waals surface area contributed by atoms with Gasteiger partial charge in [0.15, 0.2) is 0 Å². The van der Waals surface area contributed by atoms with Gasteiger partial charge in [0.25, 0.3) is 0 Å². The molecule has 0 bridgehead atoms. The van der Waals surface area contributed by atoms with E-state index in [1.807, 2.05) is 0 Å². The van der Waals surface area contributed by atoms with Crippen LogP contribution in [0.3, 0.4) is 0 Å². The number of nitrogens with one attached hydrogen (secondary N) is 2. The van der Waals surface area contributed by atoms with Crippen LogP contribution in [-0.2, 0) is 4.79 Å². The van der Waals surface area contributed by atoms with E-state index >= 15 is 0 Å². The Morgan fingerprint density at radius 1 is 1.06 bits per heavy atom. The normalized spacial score (nSPS) is 25.2. The monoisotopic (exact) mass is 252 g/mol. The Bertz CT molecular complexity index is 272. The predicted octanol–water partition coefficient (Wildman–Crippen LogP) is 2.60.